The molecular formula is C13H18N2S. The third-order valence-corrected chi connectivity index (χ3v) is 3.57. The number of rotatable bonds is 4. The van der Waals surface area contributed by atoms with Crippen molar-refractivity contribution in [3.63, 3.8) is 0 Å². The minimum absolute atomic E-state index is 0.993. The van der Waals surface area contributed by atoms with Crippen LogP contribution in [0.3, 0.4) is 0 Å². The van der Waals surface area contributed by atoms with Crippen molar-refractivity contribution in [1.29, 1.82) is 0 Å². The van der Waals surface area contributed by atoms with E-state index in [2.05, 4.69) is 53.7 Å². The van der Waals surface area contributed by atoms with Crippen molar-refractivity contribution >= 4 is 23.1 Å². The van der Waals surface area contributed by atoms with Crippen LogP contribution in [-0.2, 0) is 0 Å². The number of thioether (sulfide) groups is 1. The van der Waals surface area contributed by atoms with Crippen LogP contribution >= 0.6 is 11.8 Å². The molecule has 0 aromatic heterocycles. The van der Waals surface area contributed by atoms with Crippen molar-refractivity contribution < 1.29 is 0 Å². The summed E-state index contributed by atoms with van der Waals surface area (Å²) in [4.78, 5) is 2.36. The molecule has 1 aromatic carbocycles. The fourth-order valence-electron chi connectivity index (χ4n) is 1.90. The maximum Gasteiger partial charge on any atom is 0.0652 e. The van der Waals surface area contributed by atoms with Crippen LogP contribution in [0.1, 0.15) is 19.4 Å². The van der Waals surface area contributed by atoms with E-state index in [4.69, 9.17) is 0 Å². The summed E-state index contributed by atoms with van der Waals surface area (Å²) >= 11 is 1.81. The average Bonchev–Trinajstić information content (AvgIpc) is 2.85. The van der Waals surface area contributed by atoms with Crippen molar-refractivity contribution in [3.05, 3.63) is 35.2 Å². The third kappa shape index (κ3) is 2.35. The SMILES string of the molecule is CCN(CC)c1ccc(C2=CSCN2)cc1. The van der Waals surface area contributed by atoms with Gasteiger partial charge in [0.1, 0.15) is 0 Å². The molecule has 0 atom stereocenters. The van der Waals surface area contributed by atoms with Gasteiger partial charge in [-0.1, -0.05) is 12.1 Å². The molecule has 0 aliphatic carbocycles. The summed E-state index contributed by atoms with van der Waals surface area (Å²) in [7, 11) is 0. The Morgan fingerprint density at radius 3 is 2.38 bits per heavy atom. The highest BCUT2D eigenvalue weighted by Crippen LogP contribution is 2.24. The fourth-order valence-corrected chi connectivity index (χ4v) is 2.61. The average molecular weight is 234 g/mol. The van der Waals surface area contributed by atoms with Gasteiger partial charge in [-0.25, -0.2) is 0 Å². The summed E-state index contributed by atoms with van der Waals surface area (Å²) in [6.07, 6.45) is 0. The molecule has 0 saturated carbocycles. The Kier molecular flexibility index (Phi) is 3.78. The van der Waals surface area contributed by atoms with Crippen LogP contribution in [0.15, 0.2) is 29.7 Å². The zero-order valence-corrected chi connectivity index (χ0v) is 10.7. The first-order valence-corrected chi connectivity index (χ1v) is 6.81. The molecule has 0 saturated heterocycles. The summed E-state index contributed by atoms with van der Waals surface area (Å²) in [6.45, 7) is 6.50. The van der Waals surface area contributed by atoms with Crippen molar-refractivity contribution in [1.82, 2.24) is 5.32 Å². The second-order valence-corrected chi connectivity index (χ2v) is 4.60. The van der Waals surface area contributed by atoms with Crippen LogP contribution in [0.25, 0.3) is 5.70 Å². The van der Waals surface area contributed by atoms with Crippen LogP contribution < -0.4 is 10.2 Å². The quantitative estimate of drug-likeness (QED) is 0.861. The highest BCUT2D eigenvalue weighted by atomic mass is 32.2. The standard InChI is InChI=1S/C13H18N2S/c1-3-15(4-2)12-7-5-11(6-8-12)13-9-16-10-14-13/h5-9,14H,3-4,10H2,1-2H3. The zero-order chi connectivity index (χ0) is 11.4. The Hall–Kier alpha value is -1.09. The summed E-state index contributed by atoms with van der Waals surface area (Å²) < 4.78 is 0. The Labute approximate surface area is 102 Å². The van der Waals surface area contributed by atoms with Gasteiger partial charge in [-0.15, -0.1) is 11.8 Å². The first kappa shape index (κ1) is 11.4. The minimum atomic E-state index is 0.993. The predicted octanol–water partition coefficient (Wildman–Crippen LogP) is 3.13. The van der Waals surface area contributed by atoms with Crippen LogP contribution in [-0.4, -0.2) is 19.0 Å². The predicted molar refractivity (Wildman–Crippen MR) is 73.6 cm³/mol. The minimum Gasteiger partial charge on any atom is -0.375 e. The van der Waals surface area contributed by atoms with Crippen LogP contribution in [0.5, 0.6) is 0 Å². The van der Waals surface area contributed by atoms with Crippen LogP contribution in [0.2, 0.25) is 0 Å². The van der Waals surface area contributed by atoms with Gasteiger partial charge < -0.3 is 10.2 Å². The molecular weight excluding hydrogens is 216 g/mol. The topological polar surface area (TPSA) is 15.3 Å². The van der Waals surface area contributed by atoms with E-state index in [9.17, 15) is 0 Å². The van der Waals surface area contributed by atoms with Gasteiger partial charge >= 0.3 is 0 Å². The largest absolute Gasteiger partial charge is 0.375 e. The van der Waals surface area contributed by atoms with E-state index in [0.29, 0.717) is 0 Å². The van der Waals surface area contributed by atoms with Gasteiger partial charge in [-0.05, 0) is 37.0 Å². The van der Waals surface area contributed by atoms with Crippen molar-refractivity contribution in [2.24, 2.45) is 0 Å². The first-order valence-electron chi connectivity index (χ1n) is 5.76. The molecule has 1 aliphatic heterocycles. The molecule has 0 radical (unpaired) electrons. The van der Waals surface area contributed by atoms with Gasteiger partial charge in [-0.3, -0.25) is 0 Å². The molecule has 0 amide bonds. The Morgan fingerprint density at radius 1 is 1.19 bits per heavy atom. The van der Waals surface area contributed by atoms with E-state index < -0.39 is 0 Å². The van der Waals surface area contributed by atoms with Crippen molar-refractivity contribution in [2.45, 2.75) is 13.8 Å². The van der Waals surface area contributed by atoms with Crippen LogP contribution in [0.4, 0.5) is 5.69 Å². The summed E-state index contributed by atoms with van der Waals surface area (Å²) in [5.74, 6) is 0.993. The summed E-state index contributed by atoms with van der Waals surface area (Å²) in [6, 6.07) is 8.79. The van der Waals surface area contributed by atoms with Crippen molar-refractivity contribution in [2.75, 3.05) is 23.9 Å². The van der Waals surface area contributed by atoms with E-state index >= 15 is 0 Å². The Morgan fingerprint density at radius 2 is 1.88 bits per heavy atom. The number of nitrogens with one attached hydrogen (secondary N) is 1. The second kappa shape index (κ2) is 5.30. The maximum absolute atomic E-state index is 3.36. The van der Waals surface area contributed by atoms with Gasteiger partial charge in [-0.2, -0.15) is 0 Å². The lowest BCUT2D eigenvalue weighted by Crippen LogP contribution is -2.21. The Balaban J connectivity index is 2.15. The van der Waals surface area contributed by atoms with Gasteiger partial charge in [0.15, 0.2) is 0 Å². The molecule has 2 rings (SSSR count). The summed E-state index contributed by atoms with van der Waals surface area (Å²) in [5.41, 5.74) is 3.83. The smallest absolute Gasteiger partial charge is 0.0652 e. The number of benzene rings is 1. The maximum atomic E-state index is 3.36. The highest BCUT2D eigenvalue weighted by Gasteiger charge is 2.07. The molecule has 1 N–H and O–H groups in total. The fraction of sp³-hybridized carbons (Fsp3) is 0.385. The lowest BCUT2D eigenvalue weighted by Gasteiger charge is -2.21. The molecule has 3 heteroatoms. The molecule has 16 heavy (non-hydrogen) atoms. The van der Waals surface area contributed by atoms with Gasteiger partial charge in [0.2, 0.25) is 0 Å². The van der Waals surface area contributed by atoms with Gasteiger partial charge in [0.05, 0.1) is 5.88 Å². The zero-order valence-electron chi connectivity index (χ0n) is 9.86. The first-order chi connectivity index (χ1) is 7.85. The molecule has 2 nitrogen and oxygen atoms in total. The lowest BCUT2D eigenvalue weighted by atomic mass is 10.1. The molecule has 0 unspecified atom stereocenters. The van der Waals surface area contributed by atoms with Crippen LogP contribution in [0, 0.1) is 0 Å². The van der Waals surface area contributed by atoms with Crippen molar-refractivity contribution in [3.8, 4) is 0 Å². The molecule has 0 spiro atoms. The molecule has 1 heterocycles. The third-order valence-electron chi connectivity index (χ3n) is 2.85. The van der Waals surface area contributed by atoms with E-state index in [1.807, 2.05) is 11.8 Å². The molecule has 86 valence electrons. The van der Waals surface area contributed by atoms with Gasteiger partial charge in [0.25, 0.3) is 0 Å². The van der Waals surface area contributed by atoms with E-state index in [1.54, 1.807) is 0 Å². The molecule has 1 aromatic rings. The highest BCUT2D eigenvalue weighted by molar-refractivity contribution is 8.02. The number of anilines is 1. The second-order valence-electron chi connectivity index (χ2n) is 3.74. The number of hydrogen-bond donors (Lipinski definition) is 1. The lowest BCUT2D eigenvalue weighted by molar-refractivity contribution is 0.866. The van der Waals surface area contributed by atoms with Gasteiger partial charge in [0, 0.05) is 24.5 Å². The monoisotopic (exact) mass is 234 g/mol. The molecule has 0 fully saturated rings. The summed E-state index contributed by atoms with van der Waals surface area (Å²) in [5, 5.41) is 5.55. The van der Waals surface area contributed by atoms with E-state index in [1.165, 1.54) is 16.9 Å². The van der Waals surface area contributed by atoms with E-state index in [-0.39, 0.29) is 0 Å². The number of hydrogen-bond acceptors (Lipinski definition) is 3. The molecule has 1 aliphatic rings. The Bertz CT molecular complexity index is 366. The number of nitrogens with zero attached hydrogens (tertiary/aromatic N) is 1. The normalized spacial score (nSPS) is 14.5. The van der Waals surface area contributed by atoms with E-state index in [0.717, 1.165) is 19.0 Å². The molecule has 0 bridgehead atoms.